The van der Waals surface area contributed by atoms with Gasteiger partial charge in [0.25, 0.3) is 0 Å². The van der Waals surface area contributed by atoms with Crippen LogP contribution >= 0.6 is 23.2 Å². The smallest absolute Gasteiger partial charge is 0.124 e. The van der Waals surface area contributed by atoms with Crippen LogP contribution in [0.4, 0.5) is 5.69 Å². The van der Waals surface area contributed by atoms with Crippen molar-refractivity contribution in [1.29, 1.82) is 0 Å². The molecule has 0 amide bonds. The third-order valence-electron chi connectivity index (χ3n) is 2.75. The molecule has 0 spiro atoms. The van der Waals surface area contributed by atoms with E-state index in [-0.39, 0.29) is 0 Å². The Hall–Kier alpha value is -1.64. The highest BCUT2D eigenvalue weighted by Crippen LogP contribution is 2.30. The maximum atomic E-state index is 6.14. The molecule has 20 heavy (non-hydrogen) atoms. The van der Waals surface area contributed by atoms with Gasteiger partial charge in [0.15, 0.2) is 0 Å². The zero-order valence-corrected chi connectivity index (χ0v) is 12.4. The Kier molecular flexibility index (Phi) is 5.33. The van der Waals surface area contributed by atoms with Crippen LogP contribution in [0.15, 0.2) is 55.1 Å². The Morgan fingerprint density at radius 2 is 1.90 bits per heavy atom. The zero-order valence-electron chi connectivity index (χ0n) is 10.9. The number of para-hydroxylation sites is 1. The van der Waals surface area contributed by atoms with E-state index in [0.717, 1.165) is 17.0 Å². The van der Waals surface area contributed by atoms with Crippen LogP contribution in [0.2, 0.25) is 10.0 Å². The van der Waals surface area contributed by atoms with E-state index >= 15 is 0 Å². The normalized spacial score (nSPS) is 10.1. The van der Waals surface area contributed by atoms with Crippen LogP contribution in [0.5, 0.6) is 5.75 Å². The van der Waals surface area contributed by atoms with Crippen LogP contribution < -0.4 is 10.1 Å². The second kappa shape index (κ2) is 7.22. The Labute approximate surface area is 129 Å². The fraction of sp³-hybridized carbons (Fsp3) is 0.125. The summed E-state index contributed by atoms with van der Waals surface area (Å²) in [5.41, 5.74) is 1.85. The topological polar surface area (TPSA) is 21.3 Å². The quantitative estimate of drug-likeness (QED) is 0.743. The average Bonchev–Trinajstić information content (AvgIpc) is 2.47. The van der Waals surface area contributed by atoms with Crippen molar-refractivity contribution < 1.29 is 4.74 Å². The molecule has 2 aromatic carbocycles. The molecule has 0 bridgehead atoms. The van der Waals surface area contributed by atoms with E-state index in [1.54, 1.807) is 12.1 Å². The standard InChI is InChI=1S/C16H15Cl2NO/c1-2-10-20-15-9-4-3-6-12(15)11-19-14-8-5-7-13(17)16(14)18/h2-9,19H,1,10-11H2. The van der Waals surface area contributed by atoms with Crippen molar-refractivity contribution in [2.24, 2.45) is 0 Å². The predicted octanol–water partition coefficient (Wildman–Crippen LogP) is 5.17. The molecule has 0 saturated heterocycles. The lowest BCUT2D eigenvalue weighted by Gasteiger charge is -2.13. The zero-order chi connectivity index (χ0) is 14.4. The molecule has 0 radical (unpaired) electrons. The lowest BCUT2D eigenvalue weighted by Crippen LogP contribution is -2.03. The van der Waals surface area contributed by atoms with Gasteiger partial charge in [0.2, 0.25) is 0 Å². The van der Waals surface area contributed by atoms with Crippen LogP contribution in [-0.2, 0) is 6.54 Å². The van der Waals surface area contributed by atoms with Gasteiger partial charge in [-0.25, -0.2) is 0 Å². The molecular formula is C16H15Cl2NO. The Bertz CT molecular complexity index is 599. The summed E-state index contributed by atoms with van der Waals surface area (Å²) in [5, 5.41) is 4.33. The molecule has 0 fully saturated rings. The molecule has 0 aromatic heterocycles. The molecule has 1 N–H and O–H groups in total. The SMILES string of the molecule is C=CCOc1ccccc1CNc1cccc(Cl)c1Cl. The molecule has 0 unspecified atom stereocenters. The second-order valence-electron chi connectivity index (χ2n) is 4.16. The first-order chi connectivity index (χ1) is 9.72. The summed E-state index contributed by atoms with van der Waals surface area (Å²) in [6.07, 6.45) is 1.72. The Morgan fingerprint density at radius 3 is 2.70 bits per heavy atom. The number of rotatable bonds is 6. The van der Waals surface area contributed by atoms with Crippen LogP contribution in [0.3, 0.4) is 0 Å². The first-order valence-electron chi connectivity index (χ1n) is 6.22. The van der Waals surface area contributed by atoms with Gasteiger partial charge in [-0.1, -0.05) is 60.1 Å². The number of benzene rings is 2. The third kappa shape index (κ3) is 3.69. The summed E-state index contributed by atoms with van der Waals surface area (Å²) in [6.45, 7) is 4.73. The number of ether oxygens (including phenoxy) is 1. The van der Waals surface area contributed by atoms with Gasteiger partial charge >= 0.3 is 0 Å². The fourth-order valence-corrected chi connectivity index (χ4v) is 2.14. The molecule has 0 atom stereocenters. The summed E-state index contributed by atoms with van der Waals surface area (Å²) in [4.78, 5) is 0. The monoisotopic (exact) mass is 307 g/mol. The number of halogens is 2. The lowest BCUT2D eigenvalue weighted by molar-refractivity contribution is 0.359. The molecule has 0 saturated carbocycles. The van der Waals surface area contributed by atoms with Gasteiger partial charge in [0, 0.05) is 12.1 Å². The predicted molar refractivity (Wildman–Crippen MR) is 85.9 cm³/mol. The Balaban J connectivity index is 2.10. The van der Waals surface area contributed by atoms with E-state index < -0.39 is 0 Å². The minimum atomic E-state index is 0.481. The first kappa shape index (κ1) is 14.8. The molecular weight excluding hydrogens is 293 g/mol. The van der Waals surface area contributed by atoms with Crippen molar-refractivity contribution in [2.45, 2.75) is 6.54 Å². The summed E-state index contributed by atoms with van der Waals surface area (Å²) >= 11 is 12.1. The van der Waals surface area contributed by atoms with Gasteiger partial charge in [0.05, 0.1) is 15.7 Å². The molecule has 0 aliphatic heterocycles. The van der Waals surface area contributed by atoms with E-state index in [9.17, 15) is 0 Å². The summed E-state index contributed by atoms with van der Waals surface area (Å²) in [6, 6.07) is 13.4. The molecule has 2 rings (SSSR count). The third-order valence-corrected chi connectivity index (χ3v) is 3.57. The van der Waals surface area contributed by atoms with E-state index in [1.807, 2.05) is 36.4 Å². The lowest BCUT2D eigenvalue weighted by atomic mass is 10.2. The van der Waals surface area contributed by atoms with Crippen LogP contribution in [0, 0.1) is 0 Å². The molecule has 0 aliphatic carbocycles. The van der Waals surface area contributed by atoms with E-state index in [4.69, 9.17) is 27.9 Å². The highest BCUT2D eigenvalue weighted by Gasteiger charge is 2.06. The molecule has 0 aliphatic rings. The maximum absolute atomic E-state index is 6.14. The van der Waals surface area contributed by atoms with Crippen molar-refractivity contribution in [3.63, 3.8) is 0 Å². The van der Waals surface area contributed by atoms with Gasteiger partial charge < -0.3 is 10.1 Å². The fourth-order valence-electron chi connectivity index (χ4n) is 1.77. The average molecular weight is 308 g/mol. The second-order valence-corrected chi connectivity index (χ2v) is 4.95. The van der Waals surface area contributed by atoms with Gasteiger partial charge in [-0.2, -0.15) is 0 Å². The van der Waals surface area contributed by atoms with Gasteiger partial charge in [-0.3, -0.25) is 0 Å². The van der Waals surface area contributed by atoms with Gasteiger partial charge in [0.1, 0.15) is 12.4 Å². The van der Waals surface area contributed by atoms with E-state index in [2.05, 4.69) is 11.9 Å². The van der Waals surface area contributed by atoms with Crippen molar-refractivity contribution in [2.75, 3.05) is 11.9 Å². The molecule has 2 aromatic rings. The first-order valence-corrected chi connectivity index (χ1v) is 6.97. The van der Waals surface area contributed by atoms with Crippen molar-refractivity contribution >= 4 is 28.9 Å². The van der Waals surface area contributed by atoms with Crippen molar-refractivity contribution in [1.82, 2.24) is 0 Å². The van der Waals surface area contributed by atoms with Crippen LogP contribution in [0.1, 0.15) is 5.56 Å². The molecule has 4 heteroatoms. The number of hydrogen-bond acceptors (Lipinski definition) is 2. The van der Waals surface area contributed by atoms with Crippen LogP contribution in [-0.4, -0.2) is 6.61 Å². The van der Waals surface area contributed by atoms with Gasteiger partial charge in [-0.05, 0) is 18.2 Å². The van der Waals surface area contributed by atoms with Crippen molar-refractivity contribution in [3.05, 3.63) is 70.7 Å². The highest BCUT2D eigenvalue weighted by molar-refractivity contribution is 6.43. The minimum Gasteiger partial charge on any atom is -0.489 e. The van der Waals surface area contributed by atoms with E-state index in [1.165, 1.54) is 0 Å². The van der Waals surface area contributed by atoms with Crippen LogP contribution in [0.25, 0.3) is 0 Å². The molecule has 2 nitrogen and oxygen atoms in total. The Morgan fingerprint density at radius 1 is 1.10 bits per heavy atom. The summed E-state index contributed by atoms with van der Waals surface area (Å²) in [5.74, 6) is 0.832. The number of hydrogen-bond donors (Lipinski definition) is 1. The van der Waals surface area contributed by atoms with E-state index in [0.29, 0.717) is 23.2 Å². The number of anilines is 1. The molecule has 104 valence electrons. The van der Waals surface area contributed by atoms with Crippen molar-refractivity contribution in [3.8, 4) is 5.75 Å². The highest BCUT2D eigenvalue weighted by atomic mass is 35.5. The molecule has 0 heterocycles. The van der Waals surface area contributed by atoms with Gasteiger partial charge in [-0.15, -0.1) is 0 Å². The summed E-state index contributed by atoms with van der Waals surface area (Å²) in [7, 11) is 0. The minimum absolute atomic E-state index is 0.481. The maximum Gasteiger partial charge on any atom is 0.124 e. The largest absolute Gasteiger partial charge is 0.489 e. The summed E-state index contributed by atoms with van der Waals surface area (Å²) < 4.78 is 5.61. The number of nitrogens with one attached hydrogen (secondary N) is 1.